The van der Waals surface area contributed by atoms with Crippen LogP contribution in [0.3, 0.4) is 0 Å². The van der Waals surface area contributed by atoms with Crippen LogP contribution in [0.1, 0.15) is 136 Å². The van der Waals surface area contributed by atoms with Gasteiger partial charge in [0.1, 0.15) is 0 Å². The molecule has 0 heterocycles. The smallest absolute Gasteiger partial charge is 0.303 e. The number of unbranched alkanes of at least 4 members (excludes halogenated alkanes) is 12. The van der Waals surface area contributed by atoms with Crippen LogP contribution in [0.4, 0.5) is 0 Å². The van der Waals surface area contributed by atoms with Gasteiger partial charge in [0.05, 0.1) is 0 Å². The van der Waals surface area contributed by atoms with Crippen molar-refractivity contribution >= 4 is 17.9 Å². The Hall–Kier alpha value is -0.916. The molecule has 0 bridgehead atoms. The van der Waals surface area contributed by atoms with E-state index in [-0.39, 0.29) is 27.2 Å². The fraction of sp³-hybridized carbons (Fsp3) is 0.875. The minimum Gasteiger partial charge on any atom is -0.481 e. The number of carboxylic acid groups (broad SMARTS) is 3. The summed E-state index contributed by atoms with van der Waals surface area (Å²) in [6.45, 7) is 6.45. The summed E-state index contributed by atoms with van der Waals surface area (Å²) in [6, 6.07) is 0. The van der Waals surface area contributed by atoms with E-state index in [1.165, 1.54) is 57.8 Å². The van der Waals surface area contributed by atoms with Gasteiger partial charge in [-0.05, 0) is 19.3 Å². The molecule has 0 saturated heterocycles. The van der Waals surface area contributed by atoms with Crippen LogP contribution < -0.4 is 0 Å². The molecule has 192 valence electrons. The van der Waals surface area contributed by atoms with Gasteiger partial charge in [0.25, 0.3) is 0 Å². The first-order chi connectivity index (χ1) is 14.3. The SMILES string of the molecule is CCCCCCCC(=O)O.CCCCCCCC(=O)O.CCCCCCCC(=O)O.O.[Ti]. The molecule has 7 nitrogen and oxygen atoms in total. The van der Waals surface area contributed by atoms with Gasteiger partial charge in [-0.3, -0.25) is 14.4 Å². The third-order valence-corrected chi connectivity index (χ3v) is 4.48. The second kappa shape index (κ2) is 37.4. The van der Waals surface area contributed by atoms with Crippen molar-refractivity contribution in [2.75, 3.05) is 0 Å². The molecule has 0 spiro atoms. The zero-order chi connectivity index (χ0) is 23.5. The molecule has 0 unspecified atom stereocenters. The fourth-order valence-electron chi connectivity index (χ4n) is 2.64. The quantitative estimate of drug-likeness (QED) is 0.146. The zero-order valence-corrected chi connectivity index (χ0v) is 22.4. The molecule has 5 N–H and O–H groups in total. The number of hydrogen-bond donors (Lipinski definition) is 3. The maximum atomic E-state index is 10.0. The molecular formula is C24H50O7Ti. The molecule has 0 aliphatic heterocycles. The van der Waals surface area contributed by atoms with Gasteiger partial charge in [-0.15, -0.1) is 0 Å². The van der Waals surface area contributed by atoms with Gasteiger partial charge in [0.2, 0.25) is 0 Å². The van der Waals surface area contributed by atoms with Crippen molar-refractivity contribution < 1.29 is 56.9 Å². The molecule has 0 radical (unpaired) electrons. The zero-order valence-electron chi connectivity index (χ0n) is 20.8. The topological polar surface area (TPSA) is 143 Å². The first-order valence-corrected chi connectivity index (χ1v) is 12.0. The summed E-state index contributed by atoms with van der Waals surface area (Å²) >= 11 is 0. The summed E-state index contributed by atoms with van der Waals surface area (Å²) in [5, 5.41) is 24.8. The van der Waals surface area contributed by atoms with E-state index in [2.05, 4.69) is 20.8 Å². The van der Waals surface area contributed by atoms with Crippen LogP contribution >= 0.6 is 0 Å². The van der Waals surface area contributed by atoms with E-state index >= 15 is 0 Å². The molecule has 0 aliphatic rings. The van der Waals surface area contributed by atoms with E-state index < -0.39 is 17.9 Å². The number of aliphatic carboxylic acids is 3. The Morgan fingerprint density at radius 1 is 0.438 bits per heavy atom. The van der Waals surface area contributed by atoms with Crippen LogP contribution in [0.25, 0.3) is 0 Å². The molecule has 0 amide bonds. The van der Waals surface area contributed by atoms with Gasteiger partial charge in [-0.25, -0.2) is 0 Å². The summed E-state index contributed by atoms with van der Waals surface area (Å²) in [5.74, 6) is -2.01. The third-order valence-electron chi connectivity index (χ3n) is 4.48. The van der Waals surface area contributed by atoms with Gasteiger partial charge in [0, 0.05) is 41.0 Å². The van der Waals surface area contributed by atoms with Crippen molar-refractivity contribution in [3.63, 3.8) is 0 Å². The molecule has 0 rings (SSSR count). The van der Waals surface area contributed by atoms with Crippen molar-refractivity contribution in [1.29, 1.82) is 0 Å². The summed E-state index contributed by atoms with van der Waals surface area (Å²) in [6.07, 6.45) is 17.7. The Kier molecular flexibility index (Phi) is 48.3. The summed E-state index contributed by atoms with van der Waals surface area (Å²) < 4.78 is 0. The van der Waals surface area contributed by atoms with Crippen LogP contribution in [0.5, 0.6) is 0 Å². The Bertz CT molecular complexity index is 333. The Morgan fingerprint density at radius 3 is 0.781 bits per heavy atom. The molecule has 0 saturated carbocycles. The first kappa shape index (κ1) is 41.3. The van der Waals surface area contributed by atoms with E-state index in [0.29, 0.717) is 19.3 Å². The molecule has 0 aromatic heterocycles. The van der Waals surface area contributed by atoms with Gasteiger partial charge >= 0.3 is 17.9 Å². The monoisotopic (exact) mass is 498 g/mol. The van der Waals surface area contributed by atoms with Gasteiger partial charge in [0.15, 0.2) is 0 Å². The van der Waals surface area contributed by atoms with Crippen LogP contribution in [0.15, 0.2) is 0 Å². The molecule has 0 atom stereocenters. The number of hydrogen-bond acceptors (Lipinski definition) is 3. The number of rotatable bonds is 18. The molecule has 0 aromatic rings. The normalized spacial score (nSPS) is 9.09. The Labute approximate surface area is 210 Å². The second-order valence-corrected chi connectivity index (χ2v) is 7.67. The average Bonchev–Trinajstić information content (AvgIpc) is 2.68. The second-order valence-electron chi connectivity index (χ2n) is 7.67. The van der Waals surface area contributed by atoms with Crippen LogP contribution in [-0.2, 0) is 36.1 Å². The van der Waals surface area contributed by atoms with Gasteiger partial charge in [-0.1, -0.05) is 97.8 Å². The Balaban J connectivity index is -0.000000110. The molecule has 0 aromatic carbocycles. The fourth-order valence-corrected chi connectivity index (χ4v) is 2.64. The van der Waals surface area contributed by atoms with Gasteiger partial charge < -0.3 is 20.8 Å². The minimum absolute atomic E-state index is 0. The average molecular weight is 499 g/mol. The van der Waals surface area contributed by atoms with Crippen molar-refractivity contribution in [3.05, 3.63) is 0 Å². The predicted octanol–water partition coefficient (Wildman–Crippen LogP) is 6.47. The Morgan fingerprint density at radius 2 is 0.625 bits per heavy atom. The van der Waals surface area contributed by atoms with Crippen molar-refractivity contribution in [2.45, 2.75) is 136 Å². The third kappa shape index (κ3) is 56.9. The molecular weight excluding hydrogens is 448 g/mol. The van der Waals surface area contributed by atoms with Crippen LogP contribution in [0, 0.1) is 0 Å². The van der Waals surface area contributed by atoms with E-state index in [9.17, 15) is 14.4 Å². The van der Waals surface area contributed by atoms with Crippen molar-refractivity contribution in [3.8, 4) is 0 Å². The van der Waals surface area contributed by atoms with E-state index in [4.69, 9.17) is 15.3 Å². The standard InChI is InChI=1S/3C8H16O2.H2O.Ti/c3*1-2-3-4-5-6-7-8(9)10;;/h3*2-7H2,1H3,(H,9,10);1H2;. The molecule has 8 heteroatoms. The number of carboxylic acids is 3. The largest absolute Gasteiger partial charge is 0.481 e. The van der Waals surface area contributed by atoms with Crippen molar-refractivity contribution in [1.82, 2.24) is 0 Å². The predicted molar refractivity (Wildman–Crippen MR) is 127 cm³/mol. The van der Waals surface area contributed by atoms with E-state index in [1.807, 2.05) is 0 Å². The van der Waals surface area contributed by atoms with Gasteiger partial charge in [-0.2, -0.15) is 0 Å². The summed E-state index contributed by atoms with van der Waals surface area (Å²) in [7, 11) is 0. The molecule has 0 aliphatic carbocycles. The first-order valence-electron chi connectivity index (χ1n) is 12.0. The minimum atomic E-state index is -0.670. The summed E-state index contributed by atoms with van der Waals surface area (Å²) in [4.78, 5) is 30.1. The maximum Gasteiger partial charge on any atom is 0.303 e. The van der Waals surface area contributed by atoms with E-state index in [0.717, 1.165) is 38.5 Å². The van der Waals surface area contributed by atoms with Crippen LogP contribution in [0.2, 0.25) is 0 Å². The van der Waals surface area contributed by atoms with E-state index in [1.54, 1.807) is 0 Å². The number of carbonyl (C=O) groups is 3. The summed E-state index contributed by atoms with van der Waals surface area (Å²) in [5.41, 5.74) is 0. The van der Waals surface area contributed by atoms with Crippen molar-refractivity contribution in [2.24, 2.45) is 0 Å². The molecule has 32 heavy (non-hydrogen) atoms. The maximum absolute atomic E-state index is 10.0. The molecule has 0 fully saturated rings. The van der Waals surface area contributed by atoms with Crippen LogP contribution in [-0.4, -0.2) is 38.7 Å².